The van der Waals surface area contributed by atoms with Crippen LogP contribution in [0.1, 0.15) is 24.0 Å². The number of ether oxygens (including phenoxy) is 2. The number of nitrogens with one attached hydrogen (secondary N) is 1. The third-order valence-electron chi connectivity index (χ3n) is 6.95. The first-order chi connectivity index (χ1) is 18.6. The molecule has 0 atom stereocenters. The van der Waals surface area contributed by atoms with Crippen LogP contribution in [0.4, 0.5) is 11.4 Å². The quantitative estimate of drug-likeness (QED) is 0.241. The third kappa shape index (κ3) is 7.21. The second-order valence-electron chi connectivity index (χ2n) is 9.45. The summed E-state index contributed by atoms with van der Waals surface area (Å²) in [5.41, 5.74) is 10.6. The number of nitrogens with two attached hydrogens (primary N) is 1. The molecule has 7 nitrogen and oxygen atoms in total. The van der Waals surface area contributed by atoms with E-state index in [0.717, 1.165) is 67.4 Å². The van der Waals surface area contributed by atoms with Gasteiger partial charge in [0.05, 0.1) is 25.9 Å². The second kappa shape index (κ2) is 13.4. The highest BCUT2D eigenvalue weighted by Gasteiger charge is 2.17. The largest absolute Gasteiger partial charge is 0.497 e. The molecule has 4 aromatic rings. The van der Waals surface area contributed by atoms with Gasteiger partial charge in [-0.1, -0.05) is 12.1 Å². The minimum atomic E-state index is 0.729. The monoisotopic (exact) mass is 511 g/mol. The number of aromatic nitrogens is 1. The van der Waals surface area contributed by atoms with Crippen LogP contribution in [-0.2, 0) is 6.42 Å². The van der Waals surface area contributed by atoms with Crippen LogP contribution in [0.5, 0.6) is 11.5 Å². The zero-order valence-electron chi connectivity index (χ0n) is 22.3. The van der Waals surface area contributed by atoms with Gasteiger partial charge in [-0.3, -0.25) is 4.90 Å². The normalized spacial score (nSPS) is 13.4. The van der Waals surface area contributed by atoms with E-state index in [1.54, 1.807) is 20.3 Å². The zero-order chi connectivity index (χ0) is 26.7. The summed E-state index contributed by atoms with van der Waals surface area (Å²) in [6.45, 7) is 5.49. The molecule has 1 aromatic heterocycles. The Hall–Kier alpha value is -4.15. The molecule has 3 N–H and O–H groups in total. The van der Waals surface area contributed by atoms with Crippen LogP contribution in [0.2, 0.25) is 0 Å². The van der Waals surface area contributed by atoms with Crippen molar-refractivity contribution in [3.8, 4) is 17.6 Å². The third-order valence-corrected chi connectivity index (χ3v) is 6.95. The number of hydrogen-bond acceptors (Lipinski definition) is 6. The number of piperazine rings is 1. The molecule has 5 rings (SSSR count). The Bertz CT molecular complexity index is 1350. The molecule has 0 unspecified atom stereocenters. The number of aryl methyl sites for hydroxylation is 1. The van der Waals surface area contributed by atoms with E-state index in [1.807, 2.05) is 42.5 Å². The summed E-state index contributed by atoms with van der Waals surface area (Å²) in [6.07, 6.45) is 5.51. The first-order valence-corrected chi connectivity index (χ1v) is 13.1. The van der Waals surface area contributed by atoms with E-state index < -0.39 is 0 Å². The summed E-state index contributed by atoms with van der Waals surface area (Å²) >= 11 is 0. The lowest BCUT2D eigenvalue weighted by molar-refractivity contribution is 0.253. The maximum Gasteiger partial charge on any atom is 0.120 e. The molecule has 1 saturated heterocycles. The number of nitrogens with zero attached hydrogens (tertiary/aromatic N) is 3. The molecule has 0 radical (unpaired) electrons. The summed E-state index contributed by atoms with van der Waals surface area (Å²) in [4.78, 5) is 8.34. The van der Waals surface area contributed by atoms with E-state index in [9.17, 15) is 0 Å². The molecule has 1 aliphatic heterocycles. The molecule has 0 aliphatic carbocycles. The summed E-state index contributed by atoms with van der Waals surface area (Å²) in [7, 11) is 3.34. The highest BCUT2D eigenvalue weighted by molar-refractivity contribution is 5.84. The van der Waals surface area contributed by atoms with Crippen molar-refractivity contribution in [2.75, 3.05) is 57.6 Å². The summed E-state index contributed by atoms with van der Waals surface area (Å²) in [5, 5.41) is 10.3. The summed E-state index contributed by atoms with van der Waals surface area (Å²) in [6, 6.07) is 23.8. The Morgan fingerprint density at radius 1 is 0.895 bits per heavy atom. The molecular weight excluding hydrogens is 474 g/mol. The van der Waals surface area contributed by atoms with Crippen molar-refractivity contribution >= 4 is 22.3 Å². The average Bonchev–Trinajstić information content (AvgIpc) is 3.38. The van der Waals surface area contributed by atoms with Crippen LogP contribution >= 0.6 is 0 Å². The Kier molecular flexibility index (Phi) is 9.49. The standard InChI is InChI=1S/C24H28N4O.C7H9NO/c1-29-22-7-4-6-21(16-22)28-13-11-27(12-14-28)10-3-2-5-20-18-26-24-9-8-19(17-25)15-23(20)24;1-9-7-4-2-3-6(8)5-7/h4,6-9,15-16,18,26H,2-3,5,10-14H2,1H3;2-5H,8H2,1H3. The van der Waals surface area contributed by atoms with Crippen LogP contribution in [0, 0.1) is 11.3 Å². The van der Waals surface area contributed by atoms with Gasteiger partial charge in [0.25, 0.3) is 0 Å². The van der Waals surface area contributed by atoms with E-state index in [-0.39, 0.29) is 0 Å². The van der Waals surface area contributed by atoms with Crippen molar-refractivity contribution in [1.29, 1.82) is 5.26 Å². The molecule has 1 fully saturated rings. The molecule has 0 spiro atoms. The highest BCUT2D eigenvalue weighted by Crippen LogP contribution is 2.23. The molecule has 1 aliphatic rings. The summed E-state index contributed by atoms with van der Waals surface area (Å²) in [5.74, 6) is 1.72. The lowest BCUT2D eigenvalue weighted by atomic mass is 10.1. The predicted octanol–water partition coefficient (Wildman–Crippen LogP) is 5.47. The van der Waals surface area contributed by atoms with Gasteiger partial charge in [0, 0.05) is 66.8 Å². The van der Waals surface area contributed by atoms with E-state index >= 15 is 0 Å². The van der Waals surface area contributed by atoms with Crippen LogP contribution in [0.25, 0.3) is 10.9 Å². The smallest absolute Gasteiger partial charge is 0.120 e. The Balaban J connectivity index is 0.000000317. The average molecular weight is 512 g/mol. The Labute approximate surface area is 225 Å². The van der Waals surface area contributed by atoms with Gasteiger partial charge in [0.1, 0.15) is 11.5 Å². The Morgan fingerprint density at radius 2 is 1.63 bits per heavy atom. The number of H-pyrrole nitrogens is 1. The number of hydrogen-bond donors (Lipinski definition) is 2. The molecular formula is C31H37N5O2. The number of methoxy groups -OCH3 is 2. The van der Waals surface area contributed by atoms with Gasteiger partial charge in [-0.2, -0.15) is 5.26 Å². The fraction of sp³-hybridized carbons (Fsp3) is 0.323. The van der Waals surface area contributed by atoms with Crippen molar-refractivity contribution in [1.82, 2.24) is 9.88 Å². The van der Waals surface area contributed by atoms with E-state index in [4.69, 9.17) is 20.5 Å². The number of unbranched alkanes of at least 4 members (excludes halogenated alkanes) is 1. The highest BCUT2D eigenvalue weighted by atomic mass is 16.5. The first-order valence-electron chi connectivity index (χ1n) is 13.1. The molecule has 0 amide bonds. The number of fused-ring (bicyclic) bond motifs is 1. The number of aromatic amines is 1. The predicted molar refractivity (Wildman–Crippen MR) is 155 cm³/mol. The number of nitrogen functional groups attached to an aromatic ring is 1. The molecule has 7 heteroatoms. The van der Waals surface area contributed by atoms with E-state index in [0.29, 0.717) is 0 Å². The number of rotatable bonds is 8. The minimum Gasteiger partial charge on any atom is -0.497 e. The van der Waals surface area contributed by atoms with Crippen molar-refractivity contribution in [3.63, 3.8) is 0 Å². The lowest BCUT2D eigenvalue weighted by Crippen LogP contribution is -2.46. The van der Waals surface area contributed by atoms with Crippen molar-refractivity contribution < 1.29 is 9.47 Å². The van der Waals surface area contributed by atoms with Crippen LogP contribution in [0.3, 0.4) is 0 Å². The number of nitriles is 1. The fourth-order valence-electron chi connectivity index (χ4n) is 4.78. The zero-order valence-corrected chi connectivity index (χ0v) is 22.3. The molecule has 3 aromatic carbocycles. The van der Waals surface area contributed by atoms with Gasteiger partial charge in [-0.25, -0.2) is 0 Å². The SMILES string of the molecule is COc1cccc(N)c1.COc1cccc(N2CCN(CCCCc3c[nH]c4ccc(C#N)cc34)CC2)c1. The number of benzene rings is 3. The molecule has 38 heavy (non-hydrogen) atoms. The van der Waals surface area contributed by atoms with Crippen LogP contribution < -0.4 is 20.1 Å². The van der Waals surface area contributed by atoms with Gasteiger partial charge in [-0.05, 0) is 73.8 Å². The van der Waals surface area contributed by atoms with E-state index in [2.05, 4.69) is 45.2 Å². The molecule has 0 saturated carbocycles. The van der Waals surface area contributed by atoms with Gasteiger partial charge in [0.15, 0.2) is 0 Å². The van der Waals surface area contributed by atoms with Gasteiger partial charge < -0.3 is 25.1 Å². The topological polar surface area (TPSA) is 90.5 Å². The maximum absolute atomic E-state index is 9.13. The second-order valence-corrected chi connectivity index (χ2v) is 9.45. The minimum absolute atomic E-state index is 0.729. The molecule has 0 bridgehead atoms. The summed E-state index contributed by atoms with van der Waals surface area (Å²) < 4.78 is 10.3. The van der Waals surface area contributed by atoms with Crippen molar-refractivity contribution in [2.24, 2.45) is 0 Å². The maximum atomic E-state index is 9.13. The van der Waals surface area contributed by atoms with Crippen molar-refractivity contribution in [3.05, 3.63) is 84.1 Å². The van der Waals surface area contributed by atoms with Crippen LogP contribution in [-0.4, -0.2) is 56.8 Å². The molecule has 198 valence electrons. The first kappa shape index (κ1) is 26.9. The lowest BCUT2D eigenvalue weighted by Gasteiger charge is -2.36. The fourth-order valence-corrected chi connectivity index (χ4v) is 4.78. The van der Waals surface area contributed by atoms with Gasteiger partial charge >= 0.3 is 0 Å². The van der Waals surface area contributed by atoms with E-state index in [1.165, 1.54) is 29.5 Å². The van der Waals surface area contributed by atoms with Crippen LogP contribution in [0.15, 0.2) is 72.9 Å². The van der Waals surface area contributed by atoms with Gasteiger partial charge in [0.2, 0.25) is 0 Å². The molecule has 2 heterocycles. The Morgan fingerprint density at radius 3 is 2.32 bits per heavy atom. The van der Waals surface area contributed by atoms with Gasteiger partial charge in [-0.15, -0.1) is 0 Å². The number of anilines is 2. The van der Waals surface area contributed by atoms with Crippen molar-refractivity contribution in [2.45, 2.75) is 19.3 Å².